The van der Waals surface area contributed by atoms with Gasteiger partial charge < -0.3 is 9.64 Å². The Balaban J connectivity index is 2.02. The second kappa shape index (κ2) is 4.26. The number of hydrazone groups is 1. The zero-order chi connectivity index (χ0) is 13.5. The lowest BCUT2D eigenvalue weighted by Gasteiger charge is -2.31. The molecule has 1 fully saturated rings. The Morgan fingerprint density at radius 2 is 2.11 bits per heavy atom. The number of hydrogen-bond donors (Lipinski definition) is 0. The summed E-state index contributed by atoms with van der Waals surface area (Å²) in [6.45, 7) is 6.43. The molecule has 0 aromatic heterocycles. The van der Waals surface area contributed by atoms with Gasteiger partial charge in [0.2, 0.25) is 0 Å². The Labute approximate surface area is 107 Å². The van der Waals surface area contributed by atoms with E-state index in [4.69, 9.17) is 4.74 Å². The van der Waals surface area contributed by atoms with Crippen molar-refractivity contribution in [1.82, 2.24) is 9.91 Å². The van der Waals surface area contributed by atoms with Crippen molar-refractivity contribution >= 4 is 17.7 Å². The fraction of sp³-hybridized carbons (Fsp3) is 0.750. The number of carbonyl (C=O) groups excluding carboxylic acids is 2. The van der Waals surface area contributed by atoms with Gasteiger partial charge in [-0.3, -0.25) is 4.79 Å². The molecule has 2 amide bonds. The van der Waals surface area contributed by atoms with E-state index < -0.39 is 5.60 Å². The number of nitrogens with zero attached hydrogens (tertiary/aromatic N) is 3. The summed E-state index contributed by atoms with van der Waals surface area (Å²) in [7, 11) is 1.64. The molecule has 18 heavy (non-hydrogen) atoms. The molecular weight excluding hydrogens is 234 g/mol. The number of carbonyl (C=O) groups is 2. The van der Waals surface area contributed by atoms with Gasteiger partial charge in [-0.25, -0.2) is 9.80 Å². The van der Waals surface area contributed by atoms with Crippen LogP contribution < -0.4 is 0 Å². The molecule has 0 saturated carbocycles. The average Bonchev–Trinajstić information content (AvgIpc) is 2.52. The fourth-order valence-corrected chi connectivity index (χ4v) is 2.15. The molecule has 0 aromatic carbocycles. The summed E-state index contributed by atoms with van der Waals surface area (Å²) in [5.41, 5.74) is 0.262. The third kappa shape index (κ3) is 2.47. The summed E-state index contributed by atoms with van der Waals surface area (Å²) >= 11 is 0. The molecule has 2 aliphatic heterocycles. The first-order chi connectivity index (χ1) is 8.28. The predicted molar refractivity (Wildman–Crippen MR) is 66.1 cm³/mol. The van der Waals surface area contributed by atoms with Crippen molar-refractivity contribution in [2.45, 2.75) is 32.8 Å². The minimum Gasteiger partial charge on any atom is -0.444 e. The third-order valence-electron chi connectivity index (χ3n) is 2.99. The molecular formula is C12H19N3O3. The van der Waals surface area contributed by atoms with Crippen molar-refractivity contribution in [3.63, 3.8) is 0 Å². The van der Waals surface area contributed by atoms with Gasteiger partial charge in [-0.2, -0.15) is 5.10 Å². The summed E-state index contributed by atoms with van der Waals surface area (Å²) in [5.74, 6) is -0.123. The first-order valence-corrected chi connectivity index (χ1v) is 6.11. The topological polar surface area (TPSA) is 62.2 Å². The molecule has 0 radical (unpaired) electrons. The monoisotopic (exact) mass is 253 g/mol. The van der Waals surface area contributed by atoms with Gasteiger partial charge in [-0.15, -0.1) is 0 Å². The van der Waals surface area contributed by atoms with Crippen LogP contribution in [0.25, 0.3) is 0 Å². The smallest absolute Gasteiger partial charge is 0.410 e. The maximum Gasteiger partial charge on any atom is 0.410 e. The highest BCUT2D eigenvalue weighted by atomic mass is 16.6. The predicted octanol–water partition coefficient (Wildman–Crippen LogP) is 1.07. The first-order valence-electron chi connectivity index (χ1n) is 6.11. The van der Waals surface area contributed by atoms with Gasteiger partial charge >= 0.3 is 6.09 Å². The SMILES string of the molecule is CN1N=C2CN(C(=O)OC(C)(C)C)CCC2C1=O. The summed E-state index contributed by atoms with van der Waals surface area (Å²) in [6.07, 6.45) is 0.284. The molecule has 1 atom stereocenters. The lowest BCUT2D eigenvalue weighted by molar-refractivity contribution is -0.130. The maximum absolute atomic E-state index is 11.9. The number of amides is 2. The van der Waals surface area contributed by atoms with E-state index in [9.17, 15) is 9.59 Å². The number of fused-ring (bicyclic) bond motifs is 1. The van der Waals surface area contributed by atoms with E-state index >= 15 is 0 Å². The van der Waals surface area contributed by atoms with Crippen LogP contribution in [0.1, 0.15) is 27.2 Å². The Hall–Kier alpha value is -1.59. The van der Waals surface area contributed by atoms with E-state index in [1.807, 2.05) is 20.8 Å². The third-order valence-corrected chi connectivity index (χ3v) is 2.99. The highest BCUT2D eigenvalue weighted by molar-refractivity contribution is 6.09. The zero-order valence-corrected chi connectivity index (χ0v) is 11.3. The molecule has 6 heteroatoms. The van der Waals surface area contributed by atoms with Crippen LogP contribution in [0, 0.1) is 5.92 Å². The van der Waals surface area contributed by atoms with Crippen LogP contribution in [0.5, 0.6) is 0 Å². The van der Waals surface area contributed by atoms with E-state index in [0.717, 1.165) is 5.71 Å². The Morgan fingerprint density at radius 1 is 1.44 bits per heavy atom. The average molecular weight is 253 g/mol. The normalized spacial score (nSPS) is 23.9. The first kappa shape index (κ1) is 12.9. The quantitative estimate of drug-likeness (QED) is 0.648. The van der Waals surface area contributed by atoms with Crippen LogP contribution in [0.15, 0.2) is 5.10 Å². The molecule has 100 valence electrons. The van der Waals surface area contributed by atoms with Gasteiger partial charge in [-0.1, -0.05) is 0 Å². The van der Waals surface area contributed by atoms with E-state index in [0.29, 0.717) is 19.5 Å². The van der Waals surface area contributed by atoms with Crippen molar-refractivity contribution in [2.24, 2.45) is 11.0 Å². The summed E-state index contributed by atoms with van der Waals surface area (Å²) in [4.78, 5) is 25.2. The molecule has 1 saturated heterocycles. The summed E-state index contributed by atoms with van der Waals surface area (Å²) in [5, 5.41) is 5.53. The number of hydrogen-bond acceptors (Lipinski definition) is 4. The summed E-state index contributed by atoms with van der Waals surface area (Å²) < 4.78 is 5.31. The molecule has 0 aliphatic carbocycles. The van der Waals surface area contributed by atoms with Gasteiger partial charge in [0.15, 0.2) is 0 Å². The Morgan fingerprint density at radius 3 is 2.72 bits per heavy atom. The molecule has 2 heterocycles. The summed E-state index contributed by atoms with van der Waals surface area (Å²) in [6, 6.07) is 0. The molecule has 2 rings (SSSR count). The highest BCUT2D eigenvalue weighted by Gasteiger charge is 2.39. The van der Waals surface area contributed by atoms with E-state index in [1.54, 1.807) is 11.9 Å². The van der Waals surface area contributed by atoms with Gasteiger partial charge in [0.25, 0.3) is 5.91 Å². The number of likely N-dealkylation sites (tertiary alicyclic amines) is 1. The number of rotatable bonds is 0. The zero-order valence-electron chi connectivity index (χ0n) is 11.3. The van der Waals surface area contributed by atoms with E-state index in [-0.39, 0.29) is 17.9 Å². The van der Waals surface area contributed by atoms with Crippen LogP contribution in [0.3, 0.4) is 0 Å². The Bertz CT molecular complexity index is 411. The van der Waals surface area contributed by atoms with Gasteiger partial charge in [-0.05, 0) is 27.2 Å². The van der Waals surface area contributed by atoms with Crippen molar-refractivity contribution in [3.8, 4) is 0 Å². The van der Waals surface area contributed by atoms with Crippen LogP contribution in [-0.2, 0) is 9.53 Å². The Kier molecular flexibility index (Phi) is 3.04. The molecule has 1 unspecified atom stereocenters. The van der Waals surface area contributed by atoms with Crippen LogP contribution >= 0.6 is 0 Å². The standard InChI is InChI=1S/C12H19N3O3/c1-12(2,3)18-11(17)15-6-5-8-9(7-15)13-14(4)10(8)16/h8H,5-7H2,1-4H3. The van der Waals surface area contributed by atoms with Gasteiger partial charge in [0, 0.05) is 13.6 Å². The fourth-order valence-electron chi connectivity index (χ4n) is 2.15. The van der Waals surface area contributed by atoms with Gasteiger partial charge in [0.1, 0.15) is 5.60 Å². The van der Waals surface area contributed by atoms with Crippen molar-refractivity contribution in [3.05, 3.63) is 0 Å². The molecule has 6 nitrogen and oxygen atoms in total. The second-order valence-corrected chi connectivity index (χ2v) is 5.70. The number of piperidine rings is 1. The molecule has 0 bridgehead atoms. The van der Waals surface area contributed by atoms with E-state index in [2.05, 4.69) is 5.10 Å². The number of ether oxygens (including phenoxy) is 1. The molecule has 0 spiro atoms. The van der Waals surface area contributed by atoms with Crippen LogP contribution in [0.4, 0.5) is 4.79 Å². The van der Waals surface area contributed by atoms with Gasteiger partial charge in [0.05, 0.1) is 18.2 Å². The molecule has 2 aliphatic rings. The minimum absolute atomic E-state index is 0.0221. The minimum atomic E-state index is -0.502. The molecule has 0 N–H and O–H groups in total. The van der Waals surface area contributed by atoms with E-state index in [1.165, 1.54) is 5.01 Å². The highest BCUT2D eigenvalue weighted by Crippen LogP contribution is 2.24. The second-order valence-electron chi connectivity index (χ2n) is 5.70. The van der Waals surface area contributed by atoms with Crippen molar-refractivity contribution < 1.29 is 14.3 Å². The van der Waals surface area contributed by atoms with Crippen LogP contribution in [-0.4, -0.2) is 53.4 Å². The van der Waals surface area contributed by atoms with Crippen molar-refractivity contribution in [1.29, 1.82) is 0 Å². The maximum atomic E-state index is 11.9. The van der Waals surface area contributed by atoms with Crippen molar-refractivity contribution in [2.75, 3.05) is 20.1 Å². The molecule has 0 aromatic rings. The lowest BCUT2D eigenvalue weighted by atomic mass is 9.95. The largest absolute Gasteiger partial charge is 0.444 e. The lowest BCUT2D eigenvalue weighted by Crippen LogP contribution is -2.46. The van der Waals surface area contributed by atoms with Crippen LogP contribution in [0.2, 0.25) is 0 Å².